The fourth-order valence-corrected chi connectivity index (χ4v) is 2.11. The summed E-state index contributed by atoms with van der Waals surface area (Å²) in [6.45, 7) is 2.95. The Labute approximate surface area is 95.9 Å². The summed E-state index contributed by atoms with van der Waals surface area (Å²) >= 11 is 0. The molecule has 2 aliphatic heterocycles. The van der Waals surface area contributed by atoms with Crippen LogP contribution in [0.5, 0.6) is 0 Å². The van der Waals surface area contributed by atoms with E-state index in [0.29, 0.717) is 6.61 Å². The zero-order valence-electron chi connectivity index (χ0n) is 9.54. The summed E-state index contributed by atoms with van der Waals surface area (Å²) in [7, 11) is 0. The molecule has 5 heteroatoms. The van der Waals surface area contributed by atoms with E-state index in [-0.39, 0.29) is 18.1 Å². The highest BCUT2D eigenvalue weighted by atomic mass is 16.5. The van der Waals surface area contributed by atoms with Gasteiger partial charge in [-0.1, -0.05) is 0 Å². The molecule has 2 aliphatic rings. The Kier molecular flexibility index (Phi) is 4.42. The summed E-state index contributed by atoms with van der Waals surface area (Å²) in [5.41, 5.74) is 0. The second-order valence-corrected chi connectivity index (χ2v) is 4.42. The van der Waals surface area contributed by atoms with Crippen molar-refractivity contribution >= 4 is 6.03 Å². The van der Waals surface area contributed by atoms with Crippen molar-refractivity contribution in [2.75, 3.05) is 26.4 Å². The normalized spacial score (nSPS) is 27.4. The molecule has 16 heavy (non-hydrogen) atoms. The molecule has 2 rings (SSSR count). The number of urea groups is 1. The summed E-state index contributed by atoms with van der Waals surface area (Å²) in [5, 5.41) is 5.93. The first-order valence-corrected chi connectivity index (χ1v) is 6.07. The van der Waals surface area contributed by atoms with Crippen molar-refractivity contribution in [3.63, 3.8) is 0 Å². The van der Waals surface area contributed by atoms with Crippen LogP contribution in [0.1, 0.15) is 25.7 Å². The summed E-state index contributed by atoms with van der Waals surface area (Å²) in [6.07, 6.45) is 3.87. The Morgan fingerprint density at radius 3 is 2.38 bits per heavy atom. The quantitative estimate of drug-likeness (QED) is 0.729. The van der Waals surface area contributed by atoms with E-state index >= 15 is 0 Å². The van der Waals surface area contributed by atoms with Crippen molar-refractivity contribution in [2.45, 2.75) is 37.8 Å². The highest BCUT2D eigenvalue weighted by molar-refractivity contribution is 5.74. The maximum Gasteiger partial charge on any atom is 0.315 e. The Hall–Kier alpha value is -0.810. The van der Waals surface area contributed by atoms with Gasteiger partial charge in [0, 0.05) is 25.9 Å². The highest BCUT2D eigenvalue weighted by Gasteiger charge is 2.19. The molecule has 0 aromatic rings. The largest absolute Gasteiger partial charge is 0.381 e. The molecule has 5 nitrogen and oxygen atoms in total. The topological polar surface area (TPSA) is 59.6 Å². The van der Waals surface area contributed by atoms with Gasteiger partial charge >= 0.3 is 6.03 Å². The first kappa shape index (κ1) is 11.7. The number of carbonyl (C=O) groups excluding carboxylic acids is 1. The monoisotopic (exact) mass is 228 g/mol. The molecule has 92 valence electrons. The molecule has 0 aromatic carbocycles. The highest BCUT2D eigenvalue weighted by Crippen LogP contribution is 2.07. The van der Waals surface area contributed by atoms with Gasteiger partial charge in [-0.05, 0) is 25.7 Å². The van der Waals surface area contributed by atoms with Crippen LogP contribution in [-0.2, 0) is 9.47 Å². The number of amides is 2. The number of rotatable bonds is 2. The Bertz CT molecular complexity index is 201. The Morgan fingerprint density at radius 1 is 0.938 bits per heavy atom. The molecule has 2 saturated heterocycles. The zero-order valence-corrected chi connectivity index (χ0v) is 9.54. The van der Waals surface area contributed by atoms with Crippen molar-refractivity contribution in [3.05, 3.63) is 0 Å². The molecule has 1 unspecified atom stereocenters. The first-order chi connectivity index (χ1) is 7.84. The van der Waals surface area contributed by atoms with Crippen molar-refractivity contribution < 1.29 is 14.3 Å². The minimum atomic E-state index is -0.0672. The van der Waals surface area contributed by atoms with Gasteiger partial charge in [0.05, 0.1) is 12.6 Å². The Balaban J connectivity index is 1.66. The van der Waals surface area contributed by atoms with Gasteiger partial charge in [-0.15, -0.1) is 0 Å². The molecule has 2 fully saturated rings. The molecule has 0 aliphatic carbocycles. The molecule has 0 spiro atoms. The van der Waals surface area contributed by atoms with Gasteiger partial charge in [-0.3, -0.25) is 0 Å². The number of hydrogen-bond donors (Lipinski definition) is 2. The average molecular weight is 228 g/mol. The molecule has 0 aromatic heterocycles. The van der Waals surface area contributed by atoms with E-state index in [4.69, 9.17) is 9.47 Å². The predicted octanol–water partition coefficient (Wildman–Crippen LogP) is 0.644. The van der Waals surface area contributed by atoms with Crippen LogP contribution in [0.2, 0.25) is 0 Å². The van der Waals surface area contributed by atoms with Crippen LogP contribution < -0.4 is 10.6 Å². The minimum Gasteiger partial charge on any atom is -0.381 e. The summed E-state index contributed by atoms with van der Waals surface area (Å²) in [5.74, 6) is 0. The lowest BCUT2D eigenvalue weighted by Crippen LogP contribution is -2.49. The van der Waals surface area contributed by atoms with E-state index in [9.17, 15) is 4.79 Å². The molecule has 2 heterocycles. The van der Waals surface area contributed by atoms with Gasteiger partial charge in [0.1, 0.15) is 0 Å². The molecular weight excluding hydrogens is 208 g/mol. The van der Waals surface area contributed by atoms with E-state index in [2.05, 4.69) is 10.6 Å². The third-order valence-corrected chi connectivity index (χ3v) is 3.05. The number of hydrogen-bond acceptors (Lipinski definition) is 3. The van der Waals surface area contributed by atoms with E-state index in [1.54, 1.807) is 0 Å². The predicted molar refractivity (Wildman–Crippen MR) is 59.3 cm³/mol. The third-order valence-electron chi connectivity index (χ3n) is 3.05. The van der Waals surface area contributed by atoms with Gasteiger partial charge in [-0.25, -0.2) is 4.79 Å². The average Bonchev–Trinajstić information content (AvgIpc) is 2.31. The van der Waals surface area contributed by atoms with Crippen LogP contribution >= 0.6 is 0 Å². The van der Waals surface area contributed by atoms with Crippen molar-refractivity contribution in [1.29, 1.82) is 0 Å². The number of carbonyl (C=O) groups is 1. The molecular formula is C11H20N2O3. The fourth-order valence-electron chi connectivity index (χ4n) is 2.11. The summed E-state index contributed by atoms with van der Waals surface area (Å²) in [6, 6.07) is 0.370. The lowest BCUT2D eigenvalue weighted by Gasteiger charge is -2.26. The van der Waals surface area contributed by atoms with Gasteiger partial charge in [0.25, 0.3) is 0 Å². The zero-order chi connectivity index (χ0) is 11.2. The second kappa shape index (κ2) is 6.06. The fraction of sp³-hybridized carbons (Fsp3) is 0.909. The van der Waals surface area contributed by atoms with Crippen LogP contribution in [0.3, 0.4) is 0 Å². The van der Waals surface area contributed by atoms with Crippen LogP contribution in [0.4, 0.5) is 4.79 Å². The van der Waals surface area contributed by atoms with Crippen molar-refractivity contribution in [2.24, 2.45) is 0 Å². The maximum absolute atomic E-state index is 11.7. The van der Waals surface area contributed by atoms with Crippen molar-refractivity contribution in [3.8, 4) is 0 Å². The van der Waals surface area contributed by atoms with E-state index in [1.807, 2.05) is 0 Å². The Morgan fingerprint density at radius 2 is 1.69 bits per heavy atom. The van der Waals surface area contributed by atoms with E-state index < -0.39 is 0 Å². The SMILES string of the molecule is O=C(NC1CCOCC1)NC1CCCOC1. The van der Waals surface area contributed by atoms with Gasteiger partial charge in [-0.2, -0.15) is 0 Å². The molecule has 2 amide bonds. The van der Waals surface area contributed by atoms with E-state index in [0.717, 1.165) is 45.5 Å². The summed E-state index contributed by atoms with van der Waals surface area (Å²) < 4.78 is 10.5. The van der Waals surface area contributed by atoms with Crippen LogP contribution in [-0.4, -0.2) is 44.5 Å². The third kappa shape index (κ3) is 3.64. The lowest BCUT2D eigenvalue weighted by atomic mass is 10.1. The van der Waals surface area contributed by atoms with Crippen molar-refractivity contribution in [1.82, 2.24) is 10.6 Å². The maximum atomic E-state index is 11.7. The molecule has 1 atom stereocenters. The molecule has 2 N–H and O–H groups in total. The smallest absolute Gasteiger partial charge is 0.315 e. The second-order valence-electron chi connectivity index (χ2n) is 4.42. The number of ether oxygens (including phenoxy) is 2. The van der Waals surface area contributed by atoms with Gasteiger partial charge in [0.2, 0.25) is 0 Å². The lowest BCUT2D eigenvalue weighted by molar-refractivity contribution is 0.0695. The van der Waals surface area contributed by atoms with Crippen LogP contribution in [0.15, 0.2) is 0 Å². The molecule has 0 radical (unpaired) electrons. The first-order valence-electron chi connectivity index (χ1n) is 6.07. The molecule has 0 saturated carbocycles. The molecule has 0 bridgehead atoms. The minimum absolute atomic E-state index is 0.0672. The number of nitrogens with one attached hydrogen (secondary N) is 2. The van der Waals surface area contributed by atoms with Gasteiger partial charge < -0.3 is 20.1 Å². The van der Waals surface area contributed by atoms with Crippen LogP contribution in [0.25, 0.3) is 0 Å². The van der Waals surface area contributed by atoms with Gasteiger partial charge in [0.15, 0.2) is 0 Å². The standard InChI is InChI=1S/C11H20N2O3/c14-11(12-9-3-6-15-7-4-9)13-10-2-1-5-16-8-10/h9-10H,1-8H2,(H2,12,13,14). The van der Waals surface area contributed by atoms with E-state index in [1.165, 1.54) is 0 Å². The van der Waals surface area contributed by atoms with Crippen LogP contribution in [0, 0.1) is 0 Å². The summed E-state index contributed by atoms with van der Waals surface area (Å²) in [4.78, 5) is 11.7.